The van der Waals surface area contributed by atoms with Crippen molar-refractivity contribution in [3.8, 4) is 5.75 Å². The Bertz CT molecular complexity index is 1050. The van der Waals surface area contributed by atoms with E-state index in [4.69, 9.17) is 4.74 Å². The van der Waals surface area contributed by atoms with Crippen molar-refractivity contribution in [3.63, 3.8) is 0 Å². The van der Waals surface area contributed by atoms with Crippen LogP contribution in [0.2, 0.25) is 0 Å². The second-order valence-electron chi connectivity index (χ2n) is 8.20. The first-order valence-electron chi connectivity index (χ1n) is 11.2. The molecule has 0 bridgehead atoms. The van der Waals surface area contributed by atoms with Crippen LogP contribution in [0.5, 0.6) is 5.75 Å². The summed E-state index contributed by atoms with van der Waals surface area (Å²) < 4.78 is 5.20. The molecule has 1 atom stereocenters. The first-order valence-corrected chi connectivity index (χ1v) is 11.2. The molecular formula is C27H29N3O3. The summed E-state index contributed by atoms with van der Waals surface area (Å²) in [6, 6.07) is 27.1. The van der Waals surface area contributed by atoms with Crippen LogP contribution in [-0.4, -0.2) is 43.1 Å². The van der Waals surface area contributed by atoms with Crippen molar-refractivity contribution < 1.29 is 14.3 Å². The van der Waals surface area contributed by atoms with E-state index in [9.17, 15) is 9.59 Å². The van der Waals surface area contributed by atoms with Gasteiger partial charge in [-0.2, -0.15) is 0 Å². The summed E-state index contributed by atoms with van der Waals surface area (Å²) in [6.45, 7) is 1.56. The van der Waals surface area contributed by atoms with Gasteiger partial charge in [0.25, 0.3) is 0 Å². The normalized spacial score (nSPS) is 15.4. The summed E-state index contributed by atoms with van der Waals surface area (Å²) in [6.07, 6.45) is 1.05. The molecule has 0 aliphatic carbocycles. The molecule has 0 radical (unpaired) electrons. The molecule has 3 aromatic rings. The number of ether oxygens (including phenoxy) is 1. The van der Waals surface area contributed by atoms with E-state index in [1.165, 1.54) is 5.56 Å². The Morgan fingerprint density at radius 2 is 1.61 bits per heavy atom. The zero-order chi connectivity index (χ0) is 23.0. The summed E-state index contributed by atoms with van der Waals surface area (Å²) in [7, 11) is 1.61. The largest absolute Gasteiger partial charge is 0.497 e. The fourth-order valence-electron chi connectivity index (χ4n) is 4.05. The molecule has 1 fully saturated rings. The first kappa shape index (κ1) is 22.4. The number of methoxy groups -OCH3 is 1. The Morgan fingerprint density at radius 3 is 2.24 bits per heavy atom. The van der Waals surface area contributed by atoms with Gasteiger partial charge in [-0.25, -0.2) is 4.79 Å². The Labute approximate surface area is 194 Å². The number of nitrogens with one attached hydrogen (secondary N) is 1. The lowest BCUT2D eigenvalue weighted by atomic mass is 10.1. The van der Waals surface area contributed by atoms with E-state index in [2.05, 4.69) is 17.4 Å². The molecule has 6 nitrogen and oxygen atoms in total. The number of nitrogens with zero attached hydrogens (tertiary/aromatic N) is 2. The van der Waals surface area contributed by atoms with E-state index >= 15 is 0 Å². The molecule has 1 aliphatic heterocycles. The Balaban J connectivity index is 1.41. The van der Waals surface area contributed by atoms with Gasteiger partial charge in [-0.3, -0.25) is 4.79 Å². The smallest absolute Gasteiger partial charge is 0.318 e. The number of urea groups is 1. The standard InChI is InChI=1S/C27H29N3O3/c1-33-25-14-12-24(13-15-25)30-20-23(18-26(30)31)28-27(32)29(19-22-10-6-3-7-11-22)17-16-21-8-4-2-5-9-21/h2-15,23H,16-20H2,1H3,(H,28,32). The van der Waals surface area contributed by atoms with Crippen molar-refractivity contribution in [2.24, 2.45) is 0 Å². The van der Waals surface area contributed by atoms with E-state index in [0.717, 1.165) is 23.4 Å². The predicted molar refractivity (Wildman–Crippen MR) is 129 cm³/mol. The van der Waals surface area contributed by atoms with Crippen molar-refractivity contribution in [1.29, 1.82) is 0 Å². The molecule has 1 unspecified atom stereocenters. The van der Waals surface area contributed by atoms with Crippen molar-refractivity contribution in [1.82, 2.24) is 10.2 Å². The van der Waals surface area contributed by atoms with Crippen LogP contribution >= 0.6 is 0 Å². The third-order valence-corrected chi connectivity index (χ3v) is 5.85. The minimum atomic E-state index is -0.234. The second-order valence-corrected chi connectivity index (χ2v) is 8.20. The van der Waals surface area contributed by atoms with E-state index in [1.54, 1.807) is 12.0 Å². The molecule has 0 spiro atoms. The Kier molecular flexibility index (Phi) is 7.25. The van der Waals surface area contributed by atoms with E-state index in [-0.39, 0.29) is 24.4 Å². The number of benzene rings is 3. The van der Waals surface area contributed by atoms with Crippen molar-refractivity contribution >= 4 is 17.6 Å². The lowest BCUT2D eigenvalue weighted by molar-refractivity contribution is -0.117. The summed E-state index contributed by atoms with van der Waals surface area (Å²) >= 11 is 0. The van der Waals surface area contributed by atoms with Crippen molar-refractivity contribution in [2.75, 3.05) is 25.1 Å². The molecule has 3 amide bonds. The molecule has 1 saturated heterocycles. The van der Waals surface area contributed by atoms with Crippen LogP contribution in [0.3, 0.4) is 0 Å². The third-order valence-electron chi connectivity index (χ3n) is 5.85. The summed E-state index contributed by atoms with van der Waals surface area (Å²) in [4.78, 5) is 29.4. The molecule has 3 aromatic carbocycles. The second kappa shape index (κ2) is 10.7. The highest BCUT2D eigenvalue weighted by Crippen LogP contribution is 2.24. The topological polar surface area (TPSA) is 61.9 Å². The number of rotatable bonds is 8. The van der Waals surface area contributed by atoms with Gasteiger partial charge in [-0.1, -0.05) is 60.7 Å². The van der Waals surface area contributed by atoms with Crippen LogP contribution < -0.4 is 15.0 Å². The highest BCUT2D eigenvalue weighted by Gasteiger charge is 2.32. The van der Waals surface area contributed by atoms with Crippen LogP contribution in [0.4, 0.5) is 10.5 Å². The van der Waals surface area contributed by atoms with E-state index in [1.807, 2.05) is 77.7 Å². The van der Waals surface area contributed by atoms with Gasteiger partial charge in [0.05, 0.1) is 13.2 Å². The minimum absolute atomic E-state index is 0.00404. The zero-order valence-electron chi connectivity index (χ0n) is 18.8. The maximum absolute atomic E-state index is 13.2. The number of carbonyl (C=O) groups excluding carboxylic acids is 2. The van der Waals surface area contributed by atoms with Crippen LogP contribution in [-0.2, 0) is 17.8 Å². The molecule has 1 aliphatic rings. The van der Waals surface area contributed by atoms with Crippen LogP contribution in [0.1, 0.15) is 17.5 Å². The molecule has 4 rings (SSSR count). The average Bonchev–Trinajstić information content (AvgIpc) is 3.22. The fraction of sp³-hybridized carbons (Fsp3) is 0.259. The maximum atomic E-state index is 13.2. The van der Waals surface area contributed by atoms with Crippen LogP contribution in [0.25, 0.3) is 0 Å². The molecule has 170 valence electrons. The van der Waals surface area contributed by atoms with E-state index in [0.29, 0.717) is 19.6 Å². The lowest BCUT2D eigenvalue weighted by Gasteiger charge is -2.25. The summed E-state index contributed by atoms with van der Waals surface area (Å²) in [5.74, 6) is 0.745. The lowest BCUT2D eigenvalue weighted by Crippen LogP contribution is -2.46. The summed E-state index contributed by atoms with van der Waals surface area (Å²) in [5, 5.41) is 3.09. The van der Waals surface area contributed by atoms with Gasteiger partial charge in [0.1, 0.15) is 5.75 Å². The molecule has 0 saturated carbocycles. The van der Waals surface area contributed by atoms with Gasteiger partial charge in [0.15, 0.2) is 0 Å². The highest BCUT2D eigenvalue weighted by molar-refractivity contribution is 5.96. The van der Waals surface area contributed by atoms with Gasteiger partial charge >= 0.3 is 6.03 Å². The Morgan fingerprint density at radius 1 is 0.970 bits per heavy atom. The Hall–Kier alpha value is -3.80. The number of hydrogen-bond acceptors (Lipinski definition) is 3. The summed E-state index contributed by atoms with van der Waals surface area (Å²) in [5.41, 5.74) is 3.07. The fourth-order valence-corrected chi connectivity index (χ4v) is 4.05. The number of amides is 3. The van der Waals surface area contributed by atoms with E-state index < -0.39 is 0 Å². The number of anilines is 1. The monoisotopic (exact) mass is 443 g/mol. The average molecular weight is 444 g/mol. The van der Waals surface area contributed by atoms with Crippen LogP contribution in [0, 0.1) is 0 Å². The van der Waals surface area contributed by atoms with Gasteiger partial charge in [-0.05, 0) is 41.8 Å². The highest BCUT2D eigenvalue weighted by atomic mass is 16.5. The SMILES string of the molecule is COc1ccc(N2CC(NC(=O)N(CCc3ccccc3)Cc3ccccc3)CC2=O)cc1. The zero-order valence-corrected chi connectivity index (χ0v) is 18.8. The van der Waals surface area contributed by atoms with Gasteiger partial charge in [0.2, 0.25) is 5.91 Å². The molecule has 0 aromatic heterocycles. The van der Waals surface area contributed by atoms with Crippen molar-refractivity contribution in [3.05, 3.63) is 96.1 Å². The molecule has 1 heterocycles. The molecule has 1 N–H and O–H groups in total. The maximum Gasteiger partial charge on any atom is 0.318 e. The van der Waals surface area contributed by atoms with Gasteiger partial charge < -0.3 is 19.9 Å². The van der Waals surface area contributed by atoms with Gasteiger partial charge in [0, 0.05) is 31.7 Å². The van der Waals surface area contributed by atoms with Crippen molar-refractivity contribution in [2.45, 2.75) is 25.4 Å². The third kappa shape index (κ3) is 5.92. The number of hydrogen-bond donors (Lipinski definition) is 1. The molecule has 6 heteroatoms. The first-order chi connectivity index (χ1) is 16.1. The van der Waals surface area contributed by atoms with Crippen LogP contribution in [0.15, 0.2) is 84.9 Å². The number of carbonyl (C=O) groups is 2. The minimum Gasteiger partial charge on any atom is -0.497 e. The van der Waals surface area contributed by atoms with Gasteiger partial charge in [-0.15, -0.1) is 0 Å². The molecular weight excluding hydrogens is 414 g/mol. The quantitative estimate of drug-likeness (QED) is 0.566. The predicted octanol–water partition coefficient (Wildman–Crippen LogP) is 4.26. The molecule has 33 heavy (non-hydrogen) atoms.